The van der Waals surface area contributed by atoms with Crippen molar-refractivity contribution in [1.82, 2.24) is 0 Å². The number of rotatable bonds is 2. The van der Waals surface area contributed by atoms with Gasteiger partial charge in [-0.2, -0.15) is 0 Å². The Hall–Kier alpha value is -1.05. The highest BCUT2D eigenvalue weighted by molar-refractivity contribution is 5.75. The largest absolute Gasteiger partial charge is 0.481 e. The lowest BCUT2D eigenvalue weighted by molar-refractivity contribution is -0.164. The van der Waals surface area contributed by atoms with Crippen molar-refractivity contribution in [3.05, 3.63) is 24.3 Å². The molecule has 3 aliphatic carbocycles. The Kier molecular flexibility index (Phi) is 3.58. The van der Waals surface area contributed by atoms with Crippen molar-refractivity contribution in [3.63, 3.8) is 0 Å². The van der Waals surface area contributed by atoms with E-state index in [1.807, 2.05) is 6.92 Å². The van der Waals surface area contributed by atoms with Gasteiger partial charge >= 0.3 is 5.97 Å². The van der Waals surface area contributed by atoms with Gasteiger partial charge in [0.05, 0.1) is 5.41 Å². The number of aliphatic carboxylic acids is 1. The molecule has 0 aliphatic heterocycles. The van der Waals surface area contributed by atoms with Gasteiger partial charge in [0.2, 0.25) is 0 Å². The molecule has 2 heteroatoms. The first kappa shape index (κ1) is 15.8. The number of carboxylic acid groups (broad SMARTS) is 1. The molecule has 0 heterocycles. The first-order chi connectivity index (χ1) is 10.3. The van der Waals surface area contributed by atoms with Crippen LogP contribution >= 0.6 is 0 Å². The van der Waals surface area contributed by atoms with Gasteiger partial charge < -0.3 is 5.11 Å². The maximum absolute atomic E-state index is 12.0. The summed E-state index contributed by atoms with van der Waals surface area (Å²) in [6.45, 7) is 10.7. The van der Waals surface area contributed by atoms with E-state index in [1.54, 1.807) is 5.57 Å². The third kappa shape index (κ3) is 2.10. The molecule has 0 bridgehead atoms. The highest BCUT2D eigenvalue weighted by atomic mass is 16.4. The summed E-state index contributed by atoms with van der Waals surface area (Å²) in [5.74, 6) is 0.322. The Morgan fingerprint density at radius 2 is 2.00 bits per heavy atom. The number of hydrogen-bond donors (Lipinski definition) is 1. The molecule has 2 fully saturated rings. The fourth-order valence-corrected chi connectivity index (χ4v) is 5.94. The van der Waals surface area contributed by atoms with Gasteiger partial charge in [0.25, 0.3) is 0 Å². The number of allylic oxidation sites excluding steroid dienone is 3. The van der Waals surface area contributed by atoms with E-state index >= 15 is 0 Å². The van der Waals surface area contributed by atoms with Gasteiger partial charge in [0.15, 0.2) is 0 Å². The van der Waals surface area contributed by atoms with Gasteiger partial charge in [0, 0.05) is 5.41 Å². The first-order valence-electron chi connectivity index (χ1n) is 8.84. The monoisotopic (exact) mass is 302 g/mol. The van der Waals surface area contributed by atoms with Crippen molar-refractivity contribution in [1.29, 1.82) is 0 Å². The van der Waals surface area contributed by atoms with Crippen LogP contribution in [0.2, 0.25) is 0 Å². The van der Waals surface area contributed by atoms with Gasteiger partial charge in [-0.3, -0.25) is 4.79 Å². The Balaban J connectivity index is 1.99. The van der Waals surface area contributed by atoms with Gasteiger partial charge in [-0.05, 0) is 62.7 Å². The summed E-state index contributed by atoms with van der Waals surface area (Å²) in [5.41, 5.74) is 1.36. The summed E-state index contributed by atoms with van der Waals surface area (Å²) in [6, 6.07) is 0. The average Bonchev–Trinajstić information content (AvgIpc) is 2.46. The molecule has 0 radical (unpaired) electrons. The molecule has 2 saturated carbocycles. The quantitative estimate of drug-likeness (QED) is 0.711. The SMILES string of the molecule is C=C[C@@]1(C)C=C2CCC3[C@](C)(C(=O)O)CCC[C@]3(C)[C@H]2CC1. The van der Waals surface area contributed by atoms with Gasteiger partial charge in [-0.1, -0.05) is 38.0 Å². The Morgan fingerprint density at radius 1 is 1.27 bits per heavy atom. The number of hydrogen-bond acceptors (Lipinski definition) is 1. The molecule has 3 rings (SSSR count). The third-order valence-corrected chi connectivity index (χ3v) is 7.38. The summed E-state index contributed by atoms with van der Waals surface area (Å²) in [4.78, 5) is 12.0. The zero-order chi connectivity index (χ0) is 16.2. The summed E-state index contributed by atoms with van der Waals surface area (Å²) < 4.78 is 0. The molecule has 0 aromatic carbocycles. The van der Waals surface area contributed by atoms with Crippen molar-refractivity contribution in [3.8, 4) is 0 Å². The highest BCUT2D eigenvalue weighted by Crippen LogP contribution is 2.63. The third-order valence-electron chi connectivity index (χ3n) is 7.38. The minimum atomic E-state index is -0.581. The average molecular weight is 302 g/mol. The lowest BCUT2D eigenvalue weighted by Gasteiger charge is -2.59. The standard InChI is InChI=1S/C20H30O2/c1-5-18(2)12-9-15-14(13-18)7-8-16-19(15,3)10-6-11-20(16,4)17(21)22/h5,13,15-16H,1,6-12H2,2-4H3,(H,21,22)/t15-,16?,18+,19+,20+/m0/s1. The fraction of sp³-hybridized carbons (Fsp3) is 0.750. The Bertz CT molecular complexity index is 534. The molecule has 1 unspecified atom stereocenters. The number of carbonyl (C=O) groups is 1. The predicted molar refractivity (Wildman–Crippen MR) is 89.5 cm³/mol. The van der Waals surface area contributed by atoms with Crippen LogP contribution in [0.25, 0.3) is 0 Å². The number of fused-ring (bicyclic) bond motifs is 3. The van der Waals surface area contributed by atoms with E-state index in [9.17, 15) is 9.90 Å². The first-order valence-corrected chi connectivity index (χ1v) is 8.84. The van der Waals surface area contributed by atoms with Crippen LogP contribution in [0, 0.1) is 28.1 Å². The lowest BCUT2D eigenvalue weighted by Crippen LogP contribution is -2.54. The van der Waals surface area contributed by atoms with E-state index in [2.05, 4.69) is 32.6 Å². The predicted octanol–water partition coefficient (Wildman–Crippen LogP) is 5.21. The van der Waals surface area contributed by atoms with Crippen LogP contribution in [0.1, 0.15) is 65.7 Å². The second kappa shape index (κ2) is 4.97. The van der Waals surface area contributed by atoms with Crippen LogP contribution in [0.15, 0.2) is 24.3 Å². The molecular weight excluding hydrogens is 272 g/mol. The van der Waals surface area contributed by atoms with E-state index in [-0.39, 0.29) is 10.8 Å². The van der Waals surface area contributed by atoms with Gasteiger partial charge in [-0.15, -0.1) is 6.58 Å². The Labute approximate surface area is 134 Å². The van der Waals surface area contributed by atoms with Crippen LogP contribution < -0.4 is 0 Å². The van der Waals surface area contributed by atoms with Crippen molar-refractivity contribution in [2.75, 3.05) is 0 Å². The van der Waals surface area contributed by atoms with Gasteiger partial charge in [-0.25, -0.2) is 0 Å². The molecule has 0 spiro atoms. The molecule has 0 saturated heterocycles. The van der Waals surface area contributed by atoms with Crippen LogP contribution in [-0.4, -0.2) is 11.1 Å². The van der Waals surface area contributed by atoms with Crippen molar-refractivity contribution in [2.45, 2.75) is 65.7 Å². The molecule has 5 atom stereocenters. The smallest absolute Gasteiger partial charge is 0.309 e. The molecular formula is C20H30O2. The maximum Gasteiger partial charge on any atom is 0.309 e. The van der Waals surface area contributed by atoms with Crippen LogP contribution in [0.4, 0.5) is 0 Å². The molecule has 1 N–H and O–H groups in total. The van der Waals surface area contributed by atoms with Crippen LogP contribution in [0.3, 0.4) is 0 Å². The van der Waals surface area contributed by atoms with E-state index in [0.29, 0.717) is 11.8 Å². The molecule has 0 aromatic rings. The molecule has 122 valence electrons. The lowest BCUT2D eigenvalue weighted by atomic mass is 9.45. The molecule has 3 aliphatic rings. The maximum atomic E-state index is 12.0. The second-order valence-corrected chi connectivity index (χ2v) is 8.69. The van der Waals surface area contributed by atoms with E-state index in [1.165, 1.54) is 12.8 Å². The summed E-state index contributed by atoms with van der Waals surface area (Å²) >= 11 is 0. The number of carboxylic acids is 1. The fourth-order valence-electron chi connectivity index (χ4n) is 5.94. The normalized spacial score (nSPS) is 47.9. The highest BCUT2D eigenvalue weighted by Gasteiger charge is 2.58. The van der Waals surface area contributed by atoms with Crippen LogP contribution in [-0.2, 0) is 4.79 Å². The van der Waals surface area contributed by atoms with E-state index in [0.717, 1.165) is 32.1 Å². The summed E-state index contributed by atoms with van der Waals surface area (Å²) in [6.07, 6.45) is 12.1. The molecule has 0 aromatic heterocycles. The van der Waals surface area contributed by atoms with E-state index in [4.69, 9.17) is 0 Å². The van der Waals surface area contributed by atoms with E-state index < -0.39 is 11.4 Å². The van der Waals surface area contributed by atoms with Gasteiger partial charge in [0.1, 0.15) is 0 Å². The minimum absolute atomic E-state index is 0.139. The molecule has 2 nitrogen and oxygen atoms in total. The zero-order valence-electron chi connectivity index (χ0n) is 14.3. The van der Waals surface area contributed by atoms with Crippen molar-refractivity contribution >= 4 is 5.97 Å². The minimum Gasteiger partial charge on any atom is -0.481 e. The van der Waals surface area contributed by atoms with Crippen molar-refractivity contribution < 1.29 is 9.90 Å². The summed E-state index contributed by atoms with van der Waals surface area (Å²) in [5, 5.41) is 9.84. The molecule has 0 amide bonds. The Morgan fingerprint density at radius 3 is 2.64 bits per heavy atom. The zero-order valence-corrected chi connectivity index (χ0v) is 14.3. The topological polar surface area (TPSA) is 37.3 Å². The van der Waals surface area contributed by atoms with Crippen molar-refractivity contribution in [2.24, 2.45) is 28.1 Å². The summed E-state index contributed by atoms with van der Waals surface area (Å²) in [7, 11) is 0. The molecule has 22 heavy (non-hydrogen) atoms. The second-order valence-electron chi connectivity index (χ2n) is 8.69. The van der Waals surface area contributed by atoms with Crippen LogP contribution in [0.5, 0.6) is 0 Å².